The lowest BCUT2D eigenvalue weighted by Crippen LogP contribution is -2.29. The number of benzene rings is 3. The molecular weight excluding hydrogens is 468 g/mol. The third-order valence-electron chi connectivity index (χ3n) is 6.17. The van der Waals surface area contributed by atoms with Crippen molar-refractivity contribution in [2.45, 2.75) is 26.8 Å². The van der Waals surface area contributed by atoms with Crippen molar-refractivity contribution in [1.82, 2.24) is 0 Å². The molecule has 0 bridgehead atoms. The fraction of sp³-hybridized carbons (Fsp3) is 0.233. The number of aryl methyl sites for hydroxylation is 1. The molecule has 1 N–H and O–H groups in total. The molecule has 1 aliphatic rings. The summed E-state index contributed by atoms with van der Waals surface area (Å²) in [5, 5.41) is 20.6. The molecule has 1 amide bonds. The van der Waals surface area contributed by atoms with Gasteiger partial charge in [-0.15, -0.1) is 0 Å². The number of Topliss-reactive ketones (excluding diaryl/α,β-unsaturated/α-hetero) is 1. The summed E-state index contributed by atoms with van der Waals surface area (Å²) >= 11 is 0. The summed E-state index contributed by atoms with van der Waals surface area (Å²) in [5.41, 5.74) is 2.53. The van der Waals surface area contributed by atoms with Crippen LogP contribution < -0.4 is 14.4 Å². The Labute approximate surface area is 216 Å². The van der Waals surface area contributed by atoms with Gasteiger partial charge >= 0.3 is 0 Å². The van der Waals surface area contributed by atoms with Crippen LogP contribution in [0.3, 0.4) is 0 Å². The van der Waals surface area contributed by atoms with Gasteiger partial charge < -0.3 is 14.6 Å². The van der Waals surface area contributed by atoms with Gasteiger partial charge in [-0.3, -0.25) is 14.5 Å². The smallest absolute Gasteiger partial charge is 0.300 e. The number of para-hydroxylation sites is 1. The zero-order chi connectivity index (χ0) is 26.7. The second-order valence-electron chi connectivity index (χ2n) is 9.25. The number of methoxy groups -OCH3 is 1. The highest BCUT2D eigenvalue weighted by Crippen LogP contribution is 2.45. The number of ketones is 1. The zero-order valence-electron chi connectivity index (χ0n) is 21.2. The summed E-state index contributed by atoms with van der Waals surface area (Å²) in [6.45, 7) is 6.52. The van der Waals surface area contributed by atoms with E-state index in [1.807, 2.05) is 13.0 Å². The van der Waals surface area contributed by atoms with E-state index in [2.05, 4.69) is 13.8 Å². The Kier molecular flexibility index (Phi) is 7.30. The monoisotopic (exact) mass is 496 g/mol. The van der Waals surface area contributed by atoms with E-state index in [0.29, 0.717) is 46.4 Å². The molecule has 3 aromatic carbocycles. The molecule has 1 heterocycles. The molecule has 0 aromatic heterocycles. The van der Waals surface area contributed by atoms with Crippen molar-refractivity contribution in [2.24, 2.45) is 5.92 Å². The molecule has 3 aromatic rings. The topological polar surface area (TPSA) is 99.9 Å². The van der Waals surface area contributed by atoms with E-state index >= 15 is 0 Å². The lowest BCUT2D eigenvalue weighted by atomic mass is 9.94. The average Bonchev–Trinajstić information content (AvgIpc) is 3.17. The van der Waals surface area contributed by atoms with Crippen LogP contribution in [-0.2, 0) is 9.59 Å². The summed E-state index contributed by atoms with van der Waals surface area (Å²) < 4.78 is 11.4. The number of hydrogen-bond acceptors (Lipinski definition) is 6. The van der Waals surface area contributed by atoms with Gasteiger partial charge in [0.2, 0.25) is 0 Å². The molecule has 7 heteroatoms. The summed E-state index contributed by atoms with van der Waals surface area (Å²) in [6.07, 6.45) is 0. The number of hydrogen-bond donors (Lipinski definition) is 1. The molecule has 1 unspecified atom stereocenters. The Morgan fingerprint density at radius 3 is 2.38 bits per heavy atom. The fourth-order valence-electron chi connectivity index (χ4n) is 4.35. The van der Waals surface area contributed by atoms with E-state index in [9.17, 15) is 20.0 Å². The Hall–Kier alpha value is -4.57. The second kappa shape index (κ2) is 10.6. The number of amides is 1. The first kappa shape index (κ1) is 25.5. The van der Waals surface area contributed by atoms with Crippen LogP contribution >= 0.6 is 0 Å². The van der Waals surface area contributed by atoms with Crippen LogP contribution in [0.25, 0.3) is 5.76 Å². The maximum atomic E-state index is 13.4. The number of carbonyl (C=O) groups is 2. The number of nitriles is 1. The molecular formula is C30H28N2O5. The second-order valence-corrected chi connectivity index (χ2v) is 9.25. The molecule has 0 radical (unpaired) electrons. The maximum Gasteiger partial charge on any atom is 0.300 e. The van der Waals surface area contributed by atoms with Gasteiger partial charge in [0.25, 0.3) is 11.7 Å². The van der Waals surface area contributed by atoms with Gasteiger partial charge in [0.15, 0.2) is 0 Å². The summed E-state index contributed by atoms with van der Waals surface area (Å²) in [5.74, 6) is -0.376. The number of rotatable bonds is 7. The number of aliphatic hydroxyl groups excluding tert-OH is 1. The first-order valence-electron chi connectivity index (χ1n) is 11.9. The van der Waals surface area contributed by atoms with Crippen LogP contribution in [0, 0.1) is 24.2 Å². The minimum absolute atomic E-state index is 0.0471. The Bertz CT molecular complexity index is 1420. The van der Waals surface area contributed by atoms with Gasteiger partial charge in [-0.1, -0.05) is 32.0 Å². The van der Waals surface area contributed by atoms with Crippen LogP contribution in [0.5, 0.6) is 11.5 Å². The van der Waals surface area contributed by atoms with Crippen molar-refractivity contribution >= 4 is 23.1 Å². The molecule has 1 saturated heterocycles. The molecule has 37 heavy (non-hydrogen) atoms. The van der Waals surface area contributed by atoms with Crippen LogP contribution in [0.15, 0.2) is 72.3 Å². The van der Waals surface area contributed by atoms with Crippen molar-refractivity contribution in [3.05, 3.63) is 94.6 Å². The van der Waals surface area contributed by atoms with Crippen LogP contribution in [0.4, 0.5) is 5.69 Å². The van der Waals surface area contributed by atoms with Crippen LogP contribution in [0.1, 0.15) is 42.1 Å². The predicted molar refractivity (Wildman–Crippen MR) is 140 cm³/mol. The third-order valence-corrected chi connectivity index (χ3v) is 6.17. The van der Waals surface area contributed by atoms with E-state index in [0.717, 1.165) is 5.56 Å². The first-order chi connectivity index (χ1) is 17.8. The van der Waals surface area contributed by atoms with Crippen molar-refractivity contribution in [2.75, 3.05) is 18.6 Å². The maximum absolute atomic E-state index is 13.4. The van der Waals surface area contributed by atoms with Crippen molar-refractivity contribution in [3.8, 4) is 17.6 Å². The van der Waals surface area contributed by atoms with Crippen LogP contribution in [0.2, 0.25) is 0 Å². The van der Waals surface area contributed by atoms with Gasteiger partial charge in [0.1, 0.15) is 17.3 Å². The van der Waals surface area contributed by atoms with E-state index in [-0.39, 0.29) is 11.3 Å². The highest BCUT2D eigenvalue weighted by molar-refractivity contribution is 6.51. The van der Waals surface area contributed by atoms with Crippen LogP contribution in [-0.4, -0.2) is 30.5 Å². The molecule has 188 valence electrons. The highest BCUT2D eigenvalue weighted by Gasteiger charge is 2.47. The zero-order valence-corrected chi connectivity index (χ0v) is 21.2. The molecule has 7 nitrogen and oxygen atoms in total. The Morgan fingerprint density at radius 1 is 1.05 bits per heavy atom. The summed E-state index contributed by atoms with van der Waals surface area (Å²) in [6, 6.07) is 19.7. The standard InChI is InChI=1S/C30H28N2O5/c1-18(2)17-37-24-14-11-21(15-19(24)3)28(33)26-27(23-7-5-6-8-25(23)36-4)32(30(35)29(26)34)22-12-9-20(16-31)10-13-22/h5-15,18,27,33H,17H2,1-4H3/b28-26+. The van der Waals surface area contributed by atoms with Gasteiger partial charge in [-0.25, -0.2) is 0 Å². The van der Waals surface area contributed by atoms with Crippen molar-refractivity contribution in [1.29, 1.82) is 5.26 Å². The highest BCUT2D eigenvalue weighted by atomic mass is 16.5. The van der Waals surface area contributed by atoms with E-state index in [1.165, 1.54) is 12.0 Å². The number of anilines is 1. The minimum atomic E-state index is -0.943. The lowest BCUT2D eigenvalue weighted by Gasteiger charge is -2.26. The molecule has 1 fully saturated rings. The normalized spacial score (nSPS) is 16.6. The number of nitrogens with zero attached hydrogens (tertiary/aromatic N) is 2. The van der Waals surface area contributed by atoms with Crippen molar-refractivity contribution < 1.29 is 24.2 Å². The predicted octanol–water partition coefficient (Wildman–Crippen LogP) is 5.54. The molecule has 0 aliphatic carbocycles. The van der Waals surface area contributed by atoms with Gasteiger partial charge in [0, 0.05) is 16.8 Å². The average molecular weight is 497 g/mol. The molecule has 4 rings (SSSR count). The molecule has 1 atom stereocenters. The van der Waals surface area contributed by atoms with E-state index in [1.54, 1.807) is 66.7 Å². The Morgan fingerprint density at radius 2 is 1.76 bits per heavy atom. The third kappa shape index (κ3) is 4.91. The van der Waals surface area contributed by atoms with Crippen molar-refractivity contribution in [3.63, 3.8) is 0 Å². The largest absolute Gasteiger partial charge is 0.507 e. The van der Waals surface area contributed by atoms with Gasteiger partial charge in [-0.2, -0.15) is 5.26 Å². The first-order valence-corrected chi connectivity index (χ1v) is 11.9. The van der Waals surface area contributed by atoms with E-state index < -0.39 is 17.7 Å². The van der Waals surface area contributed by atoms with Gasteiger partial charge in [0.05, 0.1) is 37.0 Å². The lowest BCUT2D eigenvalue weighted by molar-refractivity contribution is -0.132. The molecule has 1 aliphatic heterocycles. The quantitative estimate of drug-likeness (QED) is 0.262. The number of ether oxygens (including phenoxy) is 2. The van der Waals surface area contributed by atoms with E-state index in [4.69, 9.17) is 9.47 Å². The molecule has 0 spiro atoms. The summed E-state index contributed by atoms with van der Waals surface area (Å²) in [7, 11) is 1.51. The number of carbonyl (C=O) groups excluding carboxylic acids is 2. The summed E-state index contributed by atoms with van der Waals surface area (Å²) in [4.78, 5) is 28.1. The number of aliphatic hydroxyl groups is 1. The van der Waals surface area contributed by atoms with Gasteiger partial charge in [-0.05, 0) is 66.9 Å². The SMILES string of the molecule is COc1ccccc1C1/C(=C(\O)c2ccc(OCC(C)C)c(C)c2)C(=O)C(=O)N1c1ccc(C#N)cc1. The fourth-order valence-corrected chi connectivity index (χ4v) is 4.35. The minimum Gasteiger partial charge on any atom is -0.507 e. The Balaban J connectivity index is 1.88. The molecule has 0 saturated carbocycles.